The third-order valence-corrected chi connectivity index (χ3v) is 5.52. The minimum absolute atomic E-state index is 0.0807. The van der Waals surface area contributed by atoms with Gasteiger partial charge in [-0.3, -0.25) is 9.59 Å². The summed E-state index contributed by atoms with van der Waals surface area (Å²) in [7, 11) is 1.57. The van der Waals surface area contributed by atoms with Crippen molar-refractivity contribution in [2.24, 2.45) is 5.92 Å². The lowest BCUT2D eigenvalue weighted by atomic mass is 10.1. The number of nitrogens with zero attached hydrogens (tertiary/aromatic N) is 2. The van der Waals surface area contributed by atoms with Gasteiger partial charge in [-0.05, 0) is 37.5 Å². The van der Waals surface area contributed by atoms with Crippen LogP contribution < -0.4 is 4.74 Å². The lowest BCUT2D eigenvalue weighted by Crippen LogP contribution is -2.39. The zero-order chi connectivity index (χ0) is 17.8. The Kier molecular flexibility index (Phi) is 5.84. The van der Waals surface area contributed by atoms with Gasteiger partial charge in [-0.2, -0.15) is 0 Å². The van der Waals surface area contributed by atoms with Crippen LogP contribution in [0, 0.1) is 5.92 Å². The van der Waals surface area contributed by atoms with Crippen LogP contribution in [-0.2, 0) is 4.79 Å². The van der Waals surface area contributed by atoms with Crippen LogP contribution in [0.4, 0.5) is 0 Å². The topological polar surface area (TPSA) is 49.9 Å². The van der Waals surface area contributed by atoms with Gasteiger partial charge in [0.15, 0.2) is 0 Å². The highest BCUT2D eigenvalue weighted by Crippen LogP contribution is 2.27. The number of hydrogen-bond acceptors (Lipinski definition) is 3. The van der Waals surface area contributed by atoms with E-state index in [1.54, 1.807) is 30.2 Å². The second kappa shape index (κ2) is 8.09. The second-order valence-corrected chi connectivity index (χ2v) is 7.21. The van der Waals surface area contributed by atoms with E-state index in [1.165, 1.54) is 0 Å². The SMILES string of the molecule is COc1ccc(C(=O)N2CCCN(C(=O)C3CCCC3)CC2)c(Cl)c1. The summed E-state index contributed by atoms with van der Waals surface area (Å²) in [5.41, 5.74) is 0.484. The maximum atomic E-state index is 12.8. The van der Waals surface area contributed by atoms with E-state index in [0.717, 1.165) is 38.6 Å². The molecule has 0 aromatic heterocycles. The van der Waals surface area contributed by atoms with E-state index < -0.39 is 0 Å². The van der Waals surface area contributed by atoms with Gasteiger partial charge in [0.25, 0.3) is 5.91 Å². The van der Waals surface area contributed by atoms with Crippen molar-refractivity contribution in [3.63, 3.8) is 0 Å². The molecular formula is C19H25ClN2O3. The van der Waals surface area contributed by atoms with Crippen molar-refractivity contribution in [3.05, 3.63) is 28.8 Å². The van der Waals surface area contributed by atoms with Crippen LogP contribution in [0.5, 0.6) is 5.75 Å². The van der Waals surface area contributed by atoms with E-state index in [-0.39, 0.29) is 17.7 Å². The highest BCUT2D eigenvalue weighted by molar-refractivity contribution is 6.34. The van der Waals surface area contributed by atoms with Crippen molar-refractivity contribution in [2.45, 2.75) is 32.1 Å². The van der Waals surface area contributed by atoms with E-state index in [4.69, 9.17) is 16.3 Å². The predicted octanol–water partition coefficient (Wildman–Crippen LogP) is 3.21. The molecule has 0 spiro atoms. The fourth-order valence-corrected chi connectivity index (χ4v) is 3.99. The fourth-order valence-electron chi connectivity index (χ4n) is 3.74. The molecule has 0 unspecified atom stereocenters. The molecule has 25 heavy (non-hydrogen) atoms. The summed E-state index contributed by atoms with van der Waals surface area (Å²) in [4.78, 5) is 29.2. The Morgan fingerprint density at radius 3 is 2.40 bits per heavy atom. The summed E-state index contributed by atoms with van der Waals surface area (Å²) in [6.45, 7) is 2.54. The fraction of sp³-hybridized carbons (Fsp3) is 0.579. The first-order valence-corrected chi connectivity index (χ1v) is 9.39. The lowest BCUT2D eigenvalue weighted by molar-refractivity contribution is -0.135. The molecule has 2 amide bonds. The van der Waals surface area contributed by atoms with Gasteiger partial charge in [0.1, 0.15) is 5.75 Å². The summed E-state index contributed by atoms with van der Waals surface area (Å²) >= 11 is 6.24. The van der Waals surface area contributed by atoms with Crippen LogP contribution in [-0.4, -0.2) is 54.9 Å². The summed E-state index contributed by atoms with van der Waals surface area (Å²) in [6, 6.07) is 5.10. The molecule has 0 atom stereocenters. The Labute approximate surface area is 153 Å². The molecule has 136 valence electrons. The molecule has 1 aliphatic carbocycles. The molecule has 2 aliphatic rings. The molecule has 6 heteroatoms. The average Bonchev–Trinajstić information content (AvgIpc) is 3.05. The van der Waals surface area contributed by atoms with Crippen molar-refractivity contribution in [3.8, 4) is 5.75 Å². The van der Waals surface area contributed by atoms with Crippen molar-refractivity contribution in [1.29, 1.82) is 0 Å². The van der Waals surface area contributed by atoms with E-state index in [1.807, 2.05) is 4.90 Å². The van der Waals surface area contributed by atoms with Gasteiger partial charge >= 0.3 is 0 Å². The number of methoxy groups -OCH3 is 1. The van der Waals surface area contributed by atoms with E-state index in [2.05, 4.69) is 0 Å². The van der Waals surface area contributed by atoms with Gasteiger partial charge in [0.2, 0.25) is 5.91 Å². The van der Waals surface area contributed by atoms with Gasteiger partial charge in [-0.15, -0.1) is 0 Å². The smallest absolute Gasteiger partial charge is 0.255 e. The minimum atomic E-state index is -0.0807. The standard InChI is InChI=1S/C19H25ClN2O3/c1-25-15-7-8-16(17(20)13-15)19(24)22-10-4-9-21(11-12-22)18(23)14-5-2-3-6-14/h7-8,13-14H,2-6,9-12H2,1H3. The van der Waals surface area contributed by atoms with Gasteiger partial charge in [0.05, 0.1) is 17.7 Å². The molecule has 0 bridgehead atoms. The van der Waals surface area contributed by atoms with Crippen LogP contribution in [0.2, 0.25) is 5.02 Å². The minimum Gasteiger partial charge on any atom is -0.497 e. The van der Waals surface area contributed by atoms with Crippen LogP contribution in [0.3, 0.4) is 0 Å². The molecule has 1 saturated heterocycles. The van der Waals surface area contributed by atoms with Crippen LogP contribution >= 0.6 is 11.6 Å². The summed E-state index contributed by atoms with van der Waals surface area (Å²) in [5, 5.41) is 0.396. The monoisotopic (exact) mass is 364 g/mol. The zero-order valence-electron chi connectivity index (χ0n) is 14.7. The number of halogens is 1. The number of amides is 2. The molecule has 1 aromatic carbocycles. The third-order valence-electron chi connectivity index (χ3n) is 5.21. The molecule has 0 radical (unpaired) electrons. The highest BCUT2D eigenvalue weighted by Gasteiger charge is 2.29. The molecular weight excluding hydrogens is 340 g/mol. The number of rotatable bonds is 3. The molecule has 5 nitrogen and oxygen atoms in total. The van der Waals surface area contributed by atoms with Gasteiger partial charge in [-0.1, -0.05) is 24.4 Å². The second-order valence-electron chi connectivity index (χ2n) is 6.80. The molecule has 2 fully saturated rings. The number of carbonyl (C=O) groups is 2. The van der Waals surface area contributed by atoms with Crippen LogP contribution in [0.25, 0.3) is 0 Å². The zero-order valence-corrected chi connectivity index (χ0v) is 15.4. The summed E-state index contributed by atoms with van der Waals surface area (Å²) in [6.07, 6.45) is 5.15. The number of carbonyl (C=O) groups excluding carboxylic acids is 2. The first kappa shape index (κ1) is 18.1. The largest absolute Gasteiger partial charge is 0.497 e. The quantitative estimate of drug-likeness (QED) is 0.827. The molecule has 3 rings (SSSR count). The highest BCUT2D eigenvalue weighted by atomic mass is 35.5. The normalized spacial score (nSPS) is 19.0. The first-order valence-electron chi connectivity index (χ1n) is 9.01. The van der Waals surface area contributed by atoms with Gasteiger partial charge in [-0.25, -0.2) is 0 Å². The van der Waals surface area contributed by atoms with Crippen molar-refractivity contribution in [1.82, 2.24) is 9.80 Å². The lowest BCUT2D eigenvalue weighted by Gasteiger charge is -2.24. The summed E-state index contributed by atoms with van der Waals surface area (Å²) in [5.74, 6) is 1.01. The Morgan fingerprint density at radius 2 is 1.72 bits per heavy atom. The first-order chi connectivity index (χ1) is 12.1. The Balaban J connectivity index is 1.64. The maximum absolute atomic E-state index is 12.8. The van der Waals surface area contributed by atoms with Crippen LogP contribution in [0.1, 0.15) is 42.5 Å². The Morgan fingerprint density at radius 1 is 1.04 bits per heavy atom. The van der Waals surface area contributed by atoms with Gasteiger partial charge in [0, 0.05) is 32.1 Å². The van der Waals surface area contributed by atoms with Gasteiger partial charge < -0.3 is 14.5 Å². The molecule has 0 N–H and O–H groups in total. The van der Waals surface area contributed by atoms with Crippen LogP contribution in [0.15, 0.2) is 18.2 Å². The Bertz CT molecular complexity index is 644. The maximum Gasteiger partial charge on any atom is 0.255 e. The van der Waals surface area contributed by atoms with E-state index in [9.17, 15) is 9.59 Å². The summed E-state index contributed by atoms with van der Waals surface area (Å²) < 4.78 is 5.13. The number of benzene rings is 1. The van der Waals surface area contributed by atoms with Crippen molar-refractivity contribution < 1.29 is 14.3 Å². The Hall–Kier alpha value is -1.75. The van der Waals surface area contributed by atoms with E-state index >= 15 is 0 Å². The van der Waals surface area contributed by atoms with Crippen molar-refractivity contribution in [2.75, 3.05) is 33.3 Å². The molecule has 1 aromatic rings. The number of ether oxygens (including phenoxy) is 1. The molecule has 1 aliphatic heterocycles. The molecule has 1 saturated carbocycles. The third kappa shape index (κ3) is 4.09. The predicted molar refractivity (Wildman–Crippen MR) is 97.1 cm³/mol. The average molecular weight is 365 g/mol. The van der Waals surface area contributed by atoms with Crippen molar-refractivity contribution >= 4 is 23.4 Å². The number of hydrogen-bond donors (Lipinski definition) is 0. The molecule has 1 heterocycles. The van der Waals surface area contributed by atoms with E-state index in [0.29, 0.717) is 36.0 Å².